The molecule has 5 rings (SSSR count). The first kappa shape index (κ1) is 27.6. The number of fused-ring (bicyclic) bond motifs is 2. The van der Waals surface area contributed by atoms with Crippen LogP contribution in [0.5, 0.6) is 0 Å². The quantitative estimate of drug-likeness (QED) is 0.460. The molecule has 2 aromatic carbocycles. The van der Waals surface area contributed by atoms with E-state index in [1.165, 1.54) is 4.90 Å². The Hall–Kier alpha value is -3.97. The number of benzene rings is 2. The molecular formula is C27H26F4N4O5. The molecule has 1 spiro atoms. The maximum atomic E-state index is 14.8. The normalized spacial score (nSPS) is 17.2. The first-order valence-corrected chi connectivity index (χ1v) is 12.6. The molecule has 0 saturated carbocycles. The van der Waals surface area contributed by atoms with Crippen molar-refractivity contribution in [2.75, 3.05) is 13.1 Å². The third-order valence-electron chi connectivity index (χ3n) is 7.67. The highest BCUT2D eigenvalue weighted by molar-refractivity contribution is 5.65. The molecule has 2 aliphatic heterocycles. The van der Waals surface area contributed by atoms with E-state index in [4.69, 9.17) is 10.5 Å². The molecule has 0 aliphatic carbocycles. The van der Waals surface area contributed by atoms with Crippen LogP contribution in [-0.4, -0.2) is 38.3 Å². The molecule has 3 N–H and O–H groups in total. The van der Waals surface area contributed by atoms with Crippen LogP contribution >= 0.6 is 0 Å². The van der Waals surface area contributed by atoms with Gasteiger partial charge in [0.2, 0.25) is 0 Å². The van der Waals surface area contributed by atoms with E-state index in [0.717, 1.165) is 27.3 Å². The van der Waals surface area contributed by atoms with Crippen molar-refractivity contribution in [2.24, 2.45) is 5.73 Å². The maximum absolute atomic E-state index is 14.8. The van der Waals surface area contributed by atoms with Gasteiger partial charge in [0.15, 0.2) is 0 Å². The maximum Gasteiger partial charge on any atom is 0.416 e. The van der Waals surface area contributed by atoms with E-state index in [-0.39, 0.29) is 50.3 Å². The lowest BCUT2D eigenvalue weighted by Crippen LogP contribution is -2.50. The molecule has 1 saturated heterocycles. The van der Waals surface area contributed by atoms with Crippen LogP contribution < -0.4 is 17.0 Å². The van der Waals surface area contributed by atoms with E-state index >= 15 is 0 Å². The number of halogens is 4. The fourth-order valence-corrected chi connectivity index (χ4v) is 5.55. The van der Waals surface area contributed by atoms with Crippen molar-refractivity contribution in [3.63, 3.8) is 0 Å². The molecule has 13 heteroatoms. The zero-order chi connectivity index (χ0) is 28.8. The lowest BCUT2D eigenvalue weighted by Gasteiger charge is -2.37. The van der Waals surface area contributed by atoms with Crippen molar-refractivity contribution in [2.45, 2.75) is 50.4 Å². The summed E-state index contributed by atoms with van der Waals surface area (Å²) >= 11 is 0. The number of alkyl halides is 3. The summed E-state index contributed by atoms with van der Waals surface area (Å²) in [4.78, 5) is 40.2. The lowest BCUT2D eigenvalue weighted by atomic mass is 9.85. The Bertz CT molecular complexity index is 1560. The van der Waals surface area contributed by atoms with Gasteiger partial charge in [0.1, 0.15) is 11.4 Å². The van der Waals surface area contributed by atoms with Crippen molar-refractivity contribution in [1.29, 1.82) is 0 Å². The highest BCUT2D eigenvalue weighted by atomic mass is 19.4. The molecule has 9 nitrogen and oxygen atoms in total. The largest absolute Gasteiger partial charge is 0.465 e. The molecule has 1 amide bonds. The van der Waals surface area contributed by atoms with E-state index in [9.17, 15) is 37.1 Å². The number of amides is 1. The number of piperidine rings is 1. The number of rotatable bonds is 5. The first-order chi connectivity index (χ1) is 18.9. The highest BCUT2D eigenvalue weighted by Gasteiger charge is 2.48. The van der Waals surface area contributed by atoms with Crippen molar-refractivity contribution < 1.29 is 32.2 Å². The molecular weight excluding hydrogens is 536 g/mol. The van der Waals surface area contributed by atoms with E-state index in [2.05, 4.69) is 0 Å². The zero-order valence-corrected chi connectivity index (χ0v) is 21.2. The van der Waals surface area contributed by atoms with Gasteiger partial charge >= 0.3 is 18.0 Å². The third-order valence-corrected chi connectivity index (χ3v) is 7.67. The van der Waals surface area contributed by atoms with Gasteiger partial charge < -0.3 is 20.5 Å². The standard InChI is InChI=1S/C27H26F4N4O5/c28-19-8-4-7-18(27(29,30)31)17(19)13-34-21-15-40-26(9-11-33(12-10-26)25(38)39)22(21)23(36)35(24(34)37)14-20(32)16-5-2-1-3-6-16/h1-8,20H,9-15,32H2,(H,38,39). The summed E-state index contributed by atoms with van der Waals surface area (Å²) < 4.78 is 64.0. The van der Waals surface area contributed by atoms with Crippen molar-refractivity contribution in [3.8, 4) is 0 Å². The van der Waals surface area contributed by atoms with Gasteiger partial charge in [-0.05, 0) is 30.5 Å². The smallest absolute Gasteiger partial charge is 0.416 e. The van der Waals surface area contributed by atoms with Crippen LogP contribution in [0, 0.1) is 5.82 Å². The van der Waals surface area contributed by atoms with Crippen LogP contribution in [0.2, 0.25) is 0 Å². The van der Waals surface area contributed by atoms with Gasteiger partial charge in [-0.2, -0.15) is 13.2 Å². The molecule has 1 aromatic heterocycles. The van der Waals surface area contributed by atoms with Crippen molar-refractivity contribution >= 4 is 6.09 Å². The Morgan fingerprint density at radius 1 is 1.05 bits per heavy atom. The second kappa shape index (κ2) is 10.2. The number of nitrogens with zero attached hydrogens (tertiary/aromatic N) is 3. The predicted octanol–water partition coefficient (Wildman–Crippen LogP) is 3.42. The monoisotopic (exact) mass is 562 g/mol. The summed E-state index contributed by atoms with van der Waals surface area (Å²) in [5.41, 5.74) is 2.13. The van der Waals surface area contributed by atoms with Gasteiger partial charge in [0.25, 0.3) is 5.56 Å². The van der Waals surface area contributed by atoms with Gasteiger partial charge in [-0.25, -0.2) is 14.0 Å². The number of likely N-dealkylation sites (tertiary alicyclic amines) is 1. The van der Waals surface area contributed by atoms with E-state index in [1.54, 1.807) is 30.3 Å². The van der Waals surface area contributed by atoms with Gasteiger partial charge in [-0.15, -0.1) is 0 Å². The molecule has 1 atom stereocenters. The second-order valence-electron chi connectivity index (χ2n) is 9.94. The molecule has 40 heavy (non-hydrogen) atoms. The molecule has 3 heterocycles. The minimum Gasteiger partial charge on any atom is -0.465 e. The predicted molar refractivity (Wildman–Crippen MR) is 134 cm³/mol. The number of ether oxygens (including phenoxy) is 1. The molecule has 1 fully saturated rings. The number of carbonyl (C=O) groups is 1. The number of hydrogen-bond donors (Lipinski definition) is 2. The molecule has 2 aliphatic rings. The molecule has 0 radical (unpaired) electrons. The third kappa shape index (κ3) is 4.79. The average Bonchev–Trinajstić information content (AvgIpc) is 3.28. The second-order valence-corrected chi connectivity index (χ2v) is 9.94. The Labute approximate surface area is 225 Å². The highest BCUT2D eigenvalue weighted by Crippen LogP contribution is 2.42. The average molecular weight is 563 g/mol. The number of hydrogen-bond acceptors (Lipinski definition) is 5. The van der Waals surface area contributed by atoms with Crippen LogP contribution in [0.3, 0.4) is 0 Å². The van der Waals surface area contributed by atoms with Crippen LogP contribution in [-0.2, 0) is 36.2 Å². The van der Waals surface area contributed by atoms with Gasteiger partial charge in [0, 0.05) is 24.7 Å². The van der Waals surface area contributed by atoms with Crippen LogP contribution in [0.1, 0.15) is 46.8 Å². The zero-order valence-electron chi connectivity index (χ0n) is 21.2. The van der Waals surface area contributed by atoms with E-state index in [0.29, 0.717) is 5.56 Å². The van der Waals surface area contributed by atoms with Crippen molar-refractivity contribution in [3.05, 3.63) is 103 Å². The van der Waals surface area contributed by atoms with E-state index < -0.39 is 58.7 Å². The fourth-order valence-electron chi connectivity index (χ4n) is 5.55. The Morgan fingerprint density at radius 3 is 2.35 bits per heavy atom. The number of nitrogens with two attached hydrogens (primary N) is 1. The Kier molecular flexibility index (Phi) is 7.04. The summed E-state index contributed by atoms with van der Waals surface area (Å²) in [7, 11) is 0. The van der Waals surface area contributed by atoms with E-state index in [1.807, 2.05) is 0 Å². The minimum absolute atomic E-state index is 0.0414. The van der Waals surface area contributed by atoms with Gasteiger partial charge in [-0.1, -0.05) is 36.4 Å². The Morgan fingerprint density at radius 2 is 1.73 bits per heavy atom. The Balaban J connectivity index is 1.67. The molecule has 0 bridgehead atoms. The van der Waals surface area contributed by atoms with Crippen LogP contribution in [0.4, 0.5) is 22.4 Å². The number of aromatic nitrogens is 2. The summed E-state index contributed by atoms with van der Waals surface area (Å²) in [5.74, 6) is -1.15. The lowest BCUT2D eigenvalue weighted by molar-refractivity contribution is -0.138. The SMILES string of the molecule is NC(Cn1c(=O)c2c(n(Cc3c(F)cccc3C(F)(F)F)c1=O)COC21CCN(C(=O)O)CC1)c1ccccc1. The van der Waals surface area contributed by atoms with Gasteiger partial charge in [0.05, 0.1) is 36.5 Å². The van der Waals surface area contributed by atoms with Gasteiger partial charge in [-0.3, -0.25) is 13.9 Å². The number of carboxylic acid groups (broad SMARTS) is 1. The van der Waals surface area contributed by atoms with Crippen molar-refractivity contribution in [1.82, 2.24) is 14.0 Å². The first-order valence-electron chi connectivity index (χ1n) is 12.6. The fraction of sp³-hybridized carbons (Fsp3) is 0.370. The molecule has 1 unspecified atom stereocenters. The summed E-state index contributed by atoms with van der Waals surface area (Å²) in [5, 5.41) is 9.37. The summed E-state index contributed by atoms with van der Waals surface area (Å²) in [6.45, 7) is -1.29. The summed E-state index contributed by atoms with van der Waals surface area (Å²) in [6.07, 6.45) is -5.84. The minimum atomic E-state index is -4.89. The summed E-state index contributed by atoms with van der Waals surface area (Å²) in [6, 6.07) is 10.4. The van der Waals surface area contributed by atoms with Crippen LogP contribution in [0.25, 0.3) is 0 Å². The molecule has 212 valence electrons. The topological polar surface area (TPSA) is 120 Å². The molecule has 3 aromatic rings. The van der Waals surface area contributed by atoms with Crippen LogP contribution in [0.15, 0.2) is 58.1 Å².